The van der Waals surface area contributed by atoms with Crippen molar-refractivity contribution >= 4 is 23.2 Å². The summed E-state index contributed by atoms with van der Waals surface area (Å²) < 4.78 is 14.0. The third-order valence-electron chi connectivity index (χ3n) is 3.06. The fourth-order valence-corrected chi connectivity index (χ4v) is 2.44. The standard InChI is InChI=1S/C15H15ClFNO/c1-2-3-4-7-14(19)18-10-5-6-11-12(16)8-9-13(17)15(11)18/h2-4,7-9H,5-6,10H2,1H3/b3-2+,7-4+. The Kier molecular flexibility index (Phi) is 4.38. The number of halogens is 2. The van der Waals surface area contributed by atoms with E-state index in [1.165, 1.54) is 17.0 Å². The molecule has 0 radical (unpaired) electrons. The summed E-state index contributed by atoms with van der Waals surface area (Å²) in [5, 5.41) is 0.520. The van der Waals surface area contributed by atoms with Crippen LogP contribution in [0.2, 0.25) is 5.02 Å². The van der Waals surface area contributed by atoms with E-state index in [1.807, 2.05) is 13.0 Å². The summed E-state index contributed by atoms with van der Waals surface area (Å²) in [6.45, 7) is 2.38. The number of fused-ring (bicyclic) bond motifs is 1. The minimum atomic E-state index is -0.396. The highest BCUT2D eigenvalue weighted by Gasteiger charge is 2.25. The van der Waals surface area contributed by atoms with Gasteiger partial charge in [-0.1, -0.05) is 29.8 Å². The van der Waals surface area contributed by atoms with Crippen molar-refractivity contribution in [3.05, 3.63) is 52.8 Å². The Labute approximate surface area is 117 Å². The number of hydrogen-bond acceptors (Lipinski definition) is 1. The molecule has 1 aliphatic rings. The zero-order valence-corrected chi connectivity index (χ0v) is 11.5. The summed E-state index contributed by atoms with van der Waals surface area (Å²) in [5.41, 5.74) is 1.05. The molecule has 0 N–H and O–H groups in total. The van der Waals surface area contributed by atoms with Crippen LogP contribution in [0.5, 0.6) is 0 Å². The number of carbonyl (C=O) groups is 1. The lowest BCUT2D eigenvalue weighted by molar-refractivity contribution is -0.114. The molecule has 1 amide bonds. The number of rotatable bonds is 2. The number of allylic oxidation sites excluding steroid dienone is 3. The normalized spacial score (nSPS) is 15.2. The first-order valence-electron chi connectivity index (χ1n) is 6.23. The maximum Gasteiger partial charge on any atom is 0.251 e. The highest BCUT2D eigenvalue weighted by molar-refractivity contribution is 6.32. The van der Waals surface area contributed by atoms with E-state index < -0.39 is 5.82 Å². The van der Waals surface area contributed by atoms with Gasteiger partial charge in [-0.05, 0) is 37.5 Å². The molecule has 0 spiro atoms. The molecule has 19 heavy (non-hydrogen) atoms. The van der Waals surface area contributed by atoms with E-state index >= 15 is 0 Å². The Morgan fingerprint density at radius 2 is 2.21 bits per heavy atom. The Balaban J connectivity index is 2.37. The van der Waals surface area contributed by atoms with Crippen molar-refractivity contribution in [2.75, 3.05) is 11.4 Å². The van der Waals surface area contributed by atoms with Crippen molar-refractivity contribution < 1.29 is 9.18 Å². The maximum atomic E-state index is 14.0. The van der Waals surface area contributed by atoms with Crippen LogP contribution in [0.4, 0.5) is 10.1 Å². The maximum absolute atomic E-state index is 14.0. The van der Waals surface area contributed by atoms with Gasteiger partial charge in [0, 0.05) is 17.6 Å². The lowest BCUT2D eigenvalue weighted by Gasteiger charge is -2.29. The van der Waals surface area contributed by atoms with E-state index in [9.17, 15) is 9.18 Å². The first-order valence-corrected chi connectivity index (χ1v) is 6.60. The second kappa shape index (κ2) is 6.02. The SMILES string of the molecule is C/C=C/C=C/C(=O)N1CCCc2c(Cl)ccc(F)c21. The molecule has 0 saturated carbocycles. The monoisotopic (exact) mass is 279 g/mol. The molecule has 2 rings (SSSR count). The molecular weight excluding hydrogens is 265 g/mol. The molecule has 1 aromatic carbocycles. The first-order chi connectivity index (χ1) is 9.15. The van der Waals surface area contributed by atoms with Gasteiger partial charge in [0.25, 0.3) is 5.91 Å². The van der Waals surface area contributed by atoms with E-state index in [-0.39, 0.29) is 5.91 Å². The van der Waals surface area contributed by atoms with Crippen LogP contribution in [0.15, 0.2) is 36.4 Å². The first kappa shape index (κ1) is 13.8. The van der Waals surface area contributed by atoms with Crippen molar-refractivity contribution in [2.24, 2.45) is 0 Å². The van der Waals surface area contributed by atoms with Gasteiger partial charge in [-0.15, -0.1) is 0 Å². The minimum absolute atomic E-state index is 0.222. The highest BCUT2D eigenvalue weighted by Crippen LogP contribution is 2.35. The second-order valence-electron chi connectivity index (χ2n) is 4.33. The van der Waals surface area contributed by atoms with Gasteiger partial charge in [0.1, 0.15) is 5.82 Å². The summed E-state index contributed by atoms with van der Waals surface area (Å²) >= 11 is 6.08. The molecule has 0 aliphatic carbocycles. The van der Waals surface area contributed by atoms with Crippen LogP contribution in [0.25, 0.3) is 0 Å². The molecule has 0 aromatic heterocycles. The Hall–Kier alpha value is -1.61. The van der Waals surface area contributed by atoms with Crippen LogP contribution >= 0.6 is 11.6 Å². The van der Waals surface area contributed by atoms with E-state index in [2.05, 4.69) is 0 Å². The topological polar surface area (TPSA) is 20.3 Å². The van der Waals surface area contributed by atoms with Crippen LogP contribution in [-0.4, -0.2) is 12.5 Å². The lowest BCUT2D eigenvalue weighted by Crippen LogP contribution is -2.35. The minimum Gasteiger partial charge on any atom is -0.306 e. The van der Waals surface area contributed by atoms with E-state index in [0.29, 0.717) is 23.7 Å². The zero-order valence-electron chi connectivity index (χ0n) is 10.7. The molecule has 1 aliphatic heterocycles. The van der Waals surface area contributed by atoms with Gasteiger partial charge in [-0.3, -0.25) is 4.79 Å². The highest BCUT2D eigenvalue weighted by atomic mass is 35.5. The largest absolute Gasteiger partial charge is 0.306 e. The second-order valence-corrected chi connectivity index (χ2v) is 4.74. The summed E-state index contributed by atoms with van der Waals surface area (Å²) in [7, 11) is 0. The lowest BCUT2D eigenvalue weighted by atomic mass is 10.0. The molecule has 0 unspecified atom stereocenters. The Morgan fingerprint density at radius 3 is 2.95 bits per heavy atom. The number of benzene rings is 1. The predicted molar refractivity (Wildman–Crippen MR) is 76.0 cm³/mol. The smallest absolute Gasteiger partial charge is 0.251 e. The molecular formula is C15H15ClFNO. The van der Waals surface area contributed by atoms with Gasteiger partial charge in [-0.2, -0.15) is 0 Å². The number of nitrogens with zero attached hydrogens (tertiary/aromatic N) is 1. The summed E-state index contributed by atoms with van der Waals surface area (Å²) in [5.74, 6) is -0.618. The number of hydrogen-bond donors (Lipinski definition) is 0. The van der Waals surface area contributed by atoms with Crippen LogP contribution in [0.1, 0.15) is 18.9 Å². The fourth-order valence-electron chi connectivity index (χ4n) is 2.20. The van der Waals surface area contributed by atoms with Gasteiger partial charge < -0.3 is 4.90 Å². The molecule has 0 fully saturated rings. The van der Waals surface area contributed by atoms with Gasteiger partial charge in [-0.25, -0.2) is 4.39 Å². The molecule has 2 nitrogen and oxygen atoms in total. The van der Waals surface area contributed by atoms with Gasteiger partial charge >= 0.3 is 0 Å². The Morgan fingerprint density at radius 1 is 1.42 bits per heavy atom. The average Bonchev–Trinajstić information content (AvgIpc) is 2.42. The fraction of sp³-hybridized carbons (Fsp3) is 0.267. The third-order valence-corrected chi connectivity index (χ3v) is 3.42. The van der Waals surface area contributed by atoms with Crippen LogP contribution in [-0.2, 0) is 11.2 Å². The Bertz CT molecular complexity index is 551. The molecule has 1 aromatic rings. The van der Waals surface area contributed by atoms with Crippen molar-refractivity contribution in [2.45, 2.75) is 19.8 Å². The van der Waals surface area contributed by atoms with E-state index in [1.54, 1.807) is 18.2 Å². The van der Waals surface area contributed by atoms with E-state index in [0.717, 1.165) is 12.0 Å². The molecule has 100 valence electrons. The van der Waals surface area contributed by atoms with Crippen LogP contribution < -0.4 is 4.90 Å². The summed E-state index contributed by atoms with van der Waals surface area (Å²) in [4.78, 5) is 13.6. The molecule has 0 bridgehead atoms. The van der Waals surface area contributed by atoms with Crippen LogP contribution in [0.3, 0.4) is 0 Å². The number of amides is 1. The number of carbonyl (C=O) groups excluding carboxylic acids is 1. The van der Waals surface area contributed by atoms with E-state index in [4.69, 9.17) is 11.6 Å². The summed E-state index contributed by atoms with van der Waals surface area (Å²) in [6, 6.07) is 2.85. The molecule has 0 atom stereocenters. The molecule has 4 heteroatoms. The predicted octanol–water partition coefficient (Wildman–Crippen LogP) is 3.89. The van der Waals surface area contributed by atoms with Crippen molar-refractivity contribution in [3.63, 3.8) is 0 Å². The van der Waals surface area contributed by atoms with Crippen molar-refractivity contribution in [1.29, 1.82) is 0 Å². The molecule has 0 saturated heterocycles. The number of anilines is 1. The zero-order chi connectivity index (χ0) is 13.8. The van der Waals surface area contributed by atoms with Crippen molar-refractivity contribution in [1.82, 2.24) is 0 Å². The van der Waals surface area contributed by atoms with Gasteiger partial charge in [0.15, 0.2) is 0 Å². The van der Waals surface area contributed by atoms with Crippen molar-refractivity contribution in [3.8, 4) is 0 Å². The third kappa shape index (κ3) is 2.87. The average molecular weight is 280 g/mol. The van der Waals surface area contributed by atoms with Gasteiger partial charge in [0.05, 0.1) is 5.69 Å². The summed E-state index contributed by atoms with van der Waals surface area (Å²) in [6.07, 6.45) is 8.17. The van der Waals surface area contributed by atoms with Gasteiger partial charge in [0.2, 0.25) is 0 Å². The quantitative estimate of drug-likeness (QED) is 0.594. The molecule has 1 heterocycles. The van der Waals surface area contributed by atoms with Crippen LogP contribution in [0, 0.1) is 5.82 Å².